The van der Waals surface area contributed by atoms with Crippen LogP contribution in [0, 0.1) is 5.92 Å². The summed E-state index contributed by atoms with van der Waals surface area (Å²) in [5.41, 5.74) is 0.598. The minimum Gasteiger partial charge on any atom is -0.390 e. The van der Waals surface area contributed by atoms with Crippen molar-refractivity contribution in [1.82, 2.24) is 5.32 Å². The number of carbonyl (C=O) groups excluding carboxylic acids is 1. The van der Waals surface area contributed by atoms with Crippen LogP contribution in [0.3, 0.4) is 0 Å². The highest BCUT2D eigenvalue weighted by Crippen LogP contribution is 2.35. The number of benzene rings is 2. The Morgan fingerprint density at radius 1 is 1.00 bits per heavy atom. The highest BCUT2D eigenvalue weighted by Gasteiger charge is 2.51. The first-order valence-electron chi connectivity index (χ1n) is 10.9. The molecule has 31 heavy (non-hydrogen) atoms. The summed E-state index contributed by atoms with van der Waals surface area (Å²) in [6.07, 6.45) is -2.78. The Kier molecular flexibility index (Phi) is 8.21. The molecular formula is C25H33NO5. The van der Waals surface area contributed by atoms with Gasteiger partial charge in [-0.15, -0.1) is 0 Å². The Balaban J connectivity index is 1.78. The van der Waals surface area contributed by atoms with E-state index in [0.717, 1.165) is 11.1 Å². The monoisotopic (exact) mass is 427 g/mol. The van der Waals surface area contributed by atoms with E-state index in [1.807, 2.05) is 74.5 Å². The maximum Gasteiger partial charge on any atom is 0.252 e. The predicted molar refractivity (Wildman–Crippen MR) is 118 cm³/mol. The second kappa shape index (κ2) is 10.9. The number of rotatable bonds is 9. The minimum atomic E-state index is -1.29. The molecule has 0 saturated heterocycles. The first-order valence-corrected chi connectivity index (χ1v) is 10.9. The van der Waals surface area contributed by atoms with Crippen LogP contribution < -0.4 is 5.32 Å². The normalized spacial score (nSPS) is 26.0. The van der Waals surface area contributed by atoms with Gasteiger partial charge in [0.1, 0.15) is 6.10 Å². The zero-order valence-corrected chi connectivity index (χ0v) is 18.2. The van der Waals surface area contributed by atoms with E-state index in [-0.39, 0.29) is 37.9 Å². The molecule has 3 N–H and O–H groups in total. The maximum atomic E-state index is 13.2. The van der Waals surface area contributed by atoms with E-state index in [0.29, 0.717) is 6.54 Å². The summed E-state index contributed by atoms with van der Waals surface area (Å²) in [4.78, 5) is 13.2. The fourth-order valence-corrected chi connectivity index (χ4v) is 3.79. The largest absolute Gasteiger partial charge is 0.390 e. The SMILES string of the molecule is CC(C)CNC(=O)[C@]1(OCc2ccccc2)C[C@@H](O)[C@@H](O)[C@@H](OCc2ccccc2)C1. The highest BCUT2D eigenvalue weighted by molar-refractivity contribution is 5.85. The zero-order chi connectivity index (χ0) is 22.3. The van der Waals surface area contributed by atoms with Gasteiger partial charge in [-0.25, -0.2) is 0 Å². The molecule has 1 saturated carbocycles. The molecular weight excluding hydrogens is 394 g/mol. The minimum absolute atomic E-state index is 0.0100. The van der Waals surface area contributed by atoms with E-state index in [2.05, 4.69) is 5.32 Å². The van der Waals surface area contributed by atoms with E-state index in [9.17, 15) is 15.0 Å². The average molecular weight is 428 g/mol. The van der Waals surface area contributed by atoms with Crippen molar-refractivity contribution in [3.05, 3.63) is 71.8 Å². The molecule has 2 aromatic rings. The molecule has 6 heteroatoms. The van der Waals surface area contributed by atoms with Crippen LogP contribution in [0.1, 0.15) is 37.8 Å². The van der Waals surface area contributed by atoms with E-state index < -0.39 is 23.9 Å². The molecule has 1 fully saturated rings. The number of aliphatic hydroxyl groups excluding tert-OH is 2. The molecule has 4 atom stereocenters. The van der Waals surface area contributed by atoms with Gasteiger partial charge in [-0.3, -0.25) is 4.79 Å². The van der Waals surface area contributed by atoms with Crippen molar-refractivity contribution in [1.29, 1.82) is 0 Å². The van der Waals surface area contributed by atoms with Crippen molar-refractivity contribution >= 4 is 5.91 Å². The number of nitrogens with one attached hydrogen (secondary N) is 1. The summed E-state index contributed by atoms with van der Waals surface area (Å²) in [6.45, 7) is 5.04. The summed E-state index contributed by atoms with van der Waals surface area (Å²) in [5.74, 6) is -0.00394. The van der Waals surface area contributed by atoms with Crippen molar-refractivity contribution < 1.29 is 24.5 Å². The van der Waals surface area contributed by atoms with Gasteiger partial charge in [0.2, 0.25) is 0 Å². The summed E-state index contributed by atoms with van der Waals surface area (Å²) in [7, 11) is 0. The van der Waals surface area contributed by atoms with Crippen LogP contribution in [0.5, 0.6) is 0 Å². The Labute approximate surface area is 184 Å². The van der Waals surface area contributed by atoms with Gasteiger partial charge in [0.25, 0.3) is 5.91 Å². The maximum absolute atomic E-state index is 13.2. The van der Waals surface area contributed by atoms with E-state index in [4.69, 9.17) is 9.47 Å². The lowest BCUT2D eigenvalue weighted by Gasteiger charge is -2.44. The molecule has 0 unspecified atom stereocenters. The van der Waals surface area contributed by atoms with Crippen molar-refractivity contribution in [2.75, 3.05) is 6.54 Å². The molecule has 0 aliphatic heterocycles. The second-order valence-electron chi connectivity index (χ2n) is 8.67. The lowest BCUT2D eigenvalue weighted by atomic mass is 9.78. The fourth-order valence-electron chi connectivity index (χ4n) is 3.79. The molecule has 1 aliphatic rings. The molecule has 0 heterocycles. The van der Waals surface area contributed by atoms with Crippen LogP contribution in [0.25, 0.3) is 0 Å². The van der Waals surface area contributed by atoms with Crippen LogP contribution in [0.4, 0.5) is 0 Å². The van der Waals surface area contributed by atoms with E-state index >= 15 is 0 Å². The third-order valence-electron chi connectivity index (χ3n) is 5.59. The first kappa shape index (κ1) is 23.4. The number of amides is 1. The lowest BCUT2D eigenvalue weighted by Crippen LogP contribution is -2.60. The molecule has 1 amide bonds. The fraction of sp³-hybridized carbons (Fsp3) is 0.480. The third-order valence-corrected chi connectivity index (χ3v) is 5.59. The van der Waals surface area contributed by atoms with Crippen LogP contribution in [-0.4, -0.2) is 46.6 Å². The van der Waals surface area contributed by atoms with E-state index in [1.165, 1.54) is 0 Å². The average Bonchev–Trinajstić information content (AvgIpc) is 2.78. The van der Waals surface area contributed by atoms with Crippen molar-refractivity contribution in [3.63, 3.8) is 0 Å². The molecule has 0 radical (unpaired) electrons. The van der Waals surface area contributed by atoms with Crippen molar-refractivity contribution in [3.8, 4) is 0 Å². The third kappa shape index (κ3) is 6.37. The quantitative estimate of drug-likeness (QED) is 0.573. The molecule has 0 aromatic heterocycles. The lowest BCUT2D eigenvalue weighted by molar-refractivity contribution is -0.200. The number of carbonyl (C=O) groups is 1. The van der Waals surface area contributed by atoms with Gasteiger partial charge >= 0.3 is 0 Å². The smallest absolute Gasteiger partial charge is 0.252 e. The predicted octanol–water partition coefficient (Wildman–Crippen LogP) is 2.82. The van der Waals surface area contributed by atoms with Crippen molar-refractivity contribution in [2.45, 2.75) is 63.8 Å². The molecule has 6 nitrogen and oxygen atoms in total. The molecule has 3 rings (SSSR count). The zero-order valence-electron chi connectivity index (χ0n) is 18.2. The Bertz CT molecular complexity index is 813. The molecule has 1 aliphatic carbocycles. The van der Waals surface area contributed by atoms with Gasteiger partial charge in [-0.05, 0) is 17.0 Å². The number of hydrogen-bond donors (Lipinski definition) is 3. The molecule has 168 valence electrons. The van der Waals surface area contributed by atoms with Gasteiger partial charge in [0.05, 0.1) is 25.4 Å². The van der Waals surface area contributed by atoms with Gasteiger partial charge in [0, 0.05) is 19.4 Å². The number of aliphatic hydroxyl groups is 2. The van der Waals surface area contributed by atoms with Gasteiger partial charge in [0.15, 0.2) is 5.60 Å². The summed E-state index contributed by atoms with van der Waals surface area (Å²) < 4.78 is 12.2. The van der Waals surface area contributed by atoms with E-state index in [1.54, 1.807) is 0 Å². The van der Waals surface area contributed by atoms with Crippen LogP contribution in [-0.2, 0) is 27.5 Å². The van der Waals surface area contributed by atoms with Crippen LogP contribution in [0.2, 0.25) is 0 Å². The first-order chi connectivity index (χ1) is 14.9. The Morgan fingerprint density at radius 2 is 1.58 bits per heavy atom. The Morgan fingerprint density at radius 3 is 2.16 bits per heavy atom. The van der Waals surface area contributed by atoms with Crippen LogP contribution in [0.15, 0.2) is 60.7 Å². The summed E-state index contributed by atoms with van der Waals surface area (Å²) in [6, 6.07) is 19.2. The summed E-state index contributed by atoms with van der Waals surface area (Å²) in [5, 5.41) is 24.1. The van der Waals surface area contributed by atoms with Crippen molar-refractivity contribution in [2.24, 2.45) is 5.92 Å². The van der Waals surface area contributed by atoms with Crippen LogP contribution >= 0.6 is 0 Å². The van der Waals surface area contributed by atoms with Gasteiger partial charge < -0.3 is 25.0 Å². The molecule has 0 bridgehead atoms. The standard InChI is InChI=1S/C25H33NO5/c1-18(2)15-26-24(29)25(31-17-20-11-7-4-8-12-20)13-21(27)23(28)22(14-25)30-16-19-9-5-3-6-10-19/h3-12,18,21-23,27-28H,13-17H2,1-2H3,(H,26,29)/t21-,22+,23-,25+/m1/s1. The van der Waals surface area contributed by atoms with Gasteiger partial charge in [-0.2, -0.15) is 0 Å². The highest BCUT2D eigenvalue weighted by atomic mass is 16.5. The number of hydrogen-bond acceptors (Lipinski definition) is 5. The molecule has 0 spiro atoms. The van der Waals surface area contributed by atoms with Gasteiger partial charge in [-0.1, -0.05) is 74.5 Å². The second-order valence-corrected chi connectivity index (χ2v) is 8.67. The molecule has 2 aromatic carbocycles. The Hall–Kier alpha value is -2.25. The summed E-state index contributed by atoms with van der Waals surface area (Å²) >= 11 is 0. The number of ether oxygens (including phenoxy) is 2. The topological polar surface area (TPSA) is 88.0 Å².